The van der Waals surface area contributed by atoms with E-state index in [9.17, 15) is 9.90 Å². The summed E-state index contributed by atoms with van der Waals surface area (Å²) in [6.45, 7) is 5.38. The van der Waals surface area contributed by atoms with Gasteiger partial charge in [-0.15, -0.1) is 12.4 Å². The first-order valence-corrected chi connectivity index (χ1v) is 6.12. The fourth-order valence-electron chi connectivity index (χ4n) is 1.92. The molecule has 2 rings (SSSR count). The minimum Gasteiger partial charge on any atom is -0.505 e. The first-order chi connectivity index (χ1) is 8.77. The number of carbonyl (C=O) groups is 1. The van der Waals surface area contributed by atoms with Gasteiger partial charge in [0.2, 0.25) is 0 Å². The lowest BCUT2D eigenvalue weighted by Gasteiger charge is -2.27. The number of hydrogen-bond donors (Lipinski definition) is 3. The van der Waals surface area contributed by atoms with Crippen LogP contribution in [0, 0.1) is 0 Å². The molecule has 0 saturated carbocycles. The highest BCUT2D eigenvalue weighted by atomic mass is 35.5. The number of carbonyl (C=O) groups excluding carboxylic acids is 1. The van der Waals surface area contributed by atoms with Gasteiger partial charge in [0.05, 0.1) is 0 Å². The summed E-state index contributed by atoms with van der Waals surface area (Å²) < 4.78 is 0. The number of hydrogen-bond acceptors (Lipinski definition) is 5. The van der Waals surface area contributed by atoms with Gasteiger partial charge >= 0.3 is 0 Å². The van der Waals surface area contributed by atoms with Crippen molar-refractivity contribution in [2.45, 2.75) is 0 Å². The molecule has 0 atom stereocenters. The summed E-state index contributed by atoms with van der Waals surface area (Å²) in [4.78, 5) is 17.9. The molecule has 106 valence electrons. The van der Waals surface area contributed by atoms with Crippen molar-refractivity contribution in [1.29, 1.82) is 0 Å². The van der Waals surface area contributed by atoms with Gasteiger partial charge in [-0.3, -0.25) is 9.69 Å². The summed E-state index contributed by atoms with van der Waals surface area (Å²) in [7, 11) is 0. The highest BCUT2D eigenvalue weighted by molar-refractivity contribution is 5.94. The molecule has 0 aliphatic carbocycles. The maximum absolute atomic E-state index is 11.7. The number of nitrogens with zero attached hydrogens (tertiary/aromatic N) is 2. The summed E-state index contributed by atoms with van der Waals surface area (Å²) in [5, 5.41) is 15.5. The van der Waals surface area contributed by atoms with E-state index in [4.69, 9.17) is 0 Å². The van der Waals surface area contributed by atoms with Crippen molar-refractivity contribution < 1.29 is 9.90 Å². The Morgan fingerprint density at radius 2 is 2.21 bits per heavy atom. The number of rotatable bonds is 4. The average Bonchev–Trinajstić information content (AvgIpc) is 2.40. The molecule has 1 amide bonds. The molecule has 1 aliphatic rings. The first kappa shape index (κ1) is 15.7. The molecule has 0 radical (unpaired) electrons. The van der Waals surface area contributed by atoms with E-state index in [2.05, 4.69) is 20.5 Å². The van der Waals surface area contributed by atoms with Gasteiger partial charge in [-0.1, -0.05) is 0 Å². The van der Waals surface area contributed by atoms with Gasteiger partial charge in [-0.05, 0) is 12.1 Å². The van der Waals surface area contributed by atoms with Crippen LogP contribution in [0.2, 0.25) is 0 Å². The van der Waals surface area contributed by atoms with Crippen LogP contribution in [0.4, 0.5) is 0 Å². The van der Waals surface area contributed by atoms with Gasteiger partial charge in [0.25, 0.3) is 5.91 Å². The van der Waals surface area contributed by atoms with Gasteiger partial charge < -0.3 is 15.7 Å². The fourth-order valence-corrected chi connectivity index (χ4v) is 1.92. The molecular weight excluding hydrogens is 268 g/mol. The van der Waals surface area contributed by atoms with Crippen LogP contribution in [0.25, 0.3) is 0 Å². The van der Waals surface area contributed by atoms with Gasteiger partial charge in [0, 0.05) is 45.5 Å². The number of piperazine rings is 1. The van der Waals surface area contributed by atoms with E-state index in [1.165, 1.54) is 12.3 Å². The summed E-state index contributed by atoms with van der Waals surface area (Å²) in [5.74, 6) is -0.416. The van der Waals surface area contributed by atoms with Crippen LogP contribution >= 0.6 is 12.4 Å². The van der Waals surface area contributed by atoms with Gasteiger partial charge in [0.1, 0.15) is 5.75 Å². The van der Waals surface area contributed by atoms with Gasteiger partial charge in [-0.2, -0.15) is 0 Å². The maximum atomic E-state index is 11.7. The molecule has 0 bridgehead atoms. The number of aromatic nitrogens is 1. The number of pyridine rings is 1. The molecule has 1 aliphatic heterocycles. The monoisotopic (exact) mass is 286 g/mol. The zero-order chi connectivity index (χ0) is 12.8. The van der Waals surface area contributed by atoms with Gasteiger partial charge in [-0.25, -0.2) is 4.98 Å². The van der Waals surface area contributed by atoms with Crippen LogP contribution in [0.3, 0.4) is 0 Å². The minimum absolute atomic E-state index is 0. The van der Waals surface area contributed by atoms with E-state index in [1.54, 1.807) is 6.07 Å². The summed E-state index contributed by atoms with van der Waals surface area (Å²) >= 11 is 0. The van der Waals surface area contributed by atoms with E-state index in [0.29, 0.717) is 6.54 Å². The molecule has 0 spiro atoms. The lowest BCUT2D eigenvalue weighted by Crippen LogP contribution is -2.46. The lowest BCUT2D eigenvalue weighted by molar-refractivity contribution is 0.0939. The zero-order valence-electron chi connectivity index (χ0n) is 10.6. The van der Waals surface area contributed by atoms with Crippen molar-refractivity contribution in [3.8, 4) is 5.75 Å². The molecule has 0 aromatic carbocycles. The molecular formula is C12H19ClN4O2. The van der Waals surface area contributed by atoms with E-state index < -0.39 is 0 Å². The molecule has 1 fully saturated rings. The SMILES string of the molecule is Cl.O=C(NCCN1CCNCC1)c1ncccc1O. The Labute approximate surface area is 118 Å². The second-order valence-electron chi connectivity index (χ2n) is 4.22. The van der Waals surface area contributed by atoms with Crippen LogP contribution in [-0.2, 0) is 0 Å². The standard InChI is InChI=1S/C12H18N4O2.ClH/c17-10-2-1-3-14-11(10)12(18)15-6-9-16-7-4-13-5-8-16;/h1-3,13,17H,4-9H2,(H,15,18);1H. The molecule has 1 aromatic rings. The summed E-state index contributed by atoms with van der Waals surface area (Å²) in [6, 6.07) is 3.05. The third-order valence-electron chi connectivity index (χ3n) is 2.92. The Hall–Kier alpha value is -1.37. The lowest BCUT2D eigenvalue weighted by atomic mass is 10.3. The van der Waals surface area contributed by atoms with Crippen molar-refractivity contribution in [2.75, 3.05) is 39.3 Å². The fraction of sp³-hybridized carbons (Fsp3) is 0.500. The van der Waals surface area contributed by atoms with Crippen molar-refractivity contribution in [1.82, 2.24) is 20.5 Å². The Morgan fingerprint density at radius 1 is 1.47 bits per heavy atom. The van der Waals surface area contributed by atoms with E-state index >= 15 is 0 Å². The number of amides is 1. The minimum atomic E-state index is -0.330. The highest BCUT2D eigenvalue weighted by Crippen LogP contribution is 2.11. The van der Waals surface area contributed by atoms with Crippen molar-refractivity contribution in [2.24, 2.45) is 0 Å². The smallest absolute Gasteiger partial charge is 0.273 e. The molecule has 7 heteroatoms. The van der Waals surface area contributed by atoms with E-state index in [-0.39, 0.29) is 29.8 Å². The average molecular weight is 287 g/mol. The number of nitrogens with one attached hydrogen (secondary N) is 2. The van der Waals surface area contributed by atoms with Gasteiger partial charge in [0.15, 0.2) is 5.69 Å². The van der Waals surface area contributed by atoms with Crippen LogP contribution in [0.5, 0.6) is 5.75 Å². The third kappa shape index (κ3) is 4.66. The third-order valence-corrected chi connectivity index (χ3v) is 2.92. The normalized spacial score (nSPS) is 15.6. The highest BCUT2D eigenvalue weighted by Gasteiger charge is 2.13. The maximum Gasteiger partial charge on any atom is 0.273 e. The van der Waals surface area contributed by atoms with Crippen molar-refractivity contribution in [3.05, 3.63) is 24.0 Å². The largest absolute Gasteiger partial charge is 0.505 e. The molecule has 2 heterocycles. The Kier molecular flexibility index (Phi) is 6.55. The molecule has 0 unspecified atom stereocenters. The van der Waals surface area contributed by atoms with Crippen LogP contribution in [-0.4, -0.2) is 60.2 Å². The van der Waals surface area contributed by atoms with Crippen molar-refractivity contribution in [3.63, 3.8) is 0 Å². The van der Waals surface area contributed by atoms with Crippen LogP contribution in [0.15, 0.2) is 18.3 Å². The topological polar surface area (TPSA) is 77.5 Å². The zero-order valence-corrected chi connectivity index (χ0v) is 11.4. The number of halogens is 1. The van der Waals surface area contributed by atoms with E-state index in [1.807, 2.05) is 0 Å². The Bertz CT molecular complexity index is 410. The quantitative estimate of drug-likeness (QED) is 0.717. The Morgan fingerprint density at radius 3 is 2.89 bits per heavy atom. The molecule has 1 saturated heterocycles. The van der Waals surface area contributed by atoms with E-state index in [0.717, 1.165) is 32.7 Å². The first-order valence-electron chi connectivity index (χ1n) is 6.12. The molecule has 6 nitrogen and oxygen atoms in total. The Balaban J connectivity index is 0.00000180. The van der Waals surface area contributed by atoms with Crippen molar-refractivity contribution >= 4 is 18.3 Å². The molecule has 19 heavy (non-hydrogen) atoms. The van der Waals surface area contributed by atoms with Crippen LogP contribution in [0.1, 0.15) is 10.5 Å². The summed E-state index contributed by atoms with van der Waals surface area (Å²) in [6.07, 6.45) is 1.49. The second-order valence-corrected chi connectivity index (χ2v) is 4.22. The molecule has 1 aromatic heterocycles. The number of aromatic hydroxyl groups is 1. The predicted molar refractivity (Wildman–Crippen MR) is 74.8 cm³/mol. The van der Waals surface area contributed by atoms with Crippen LogP contribution < -0.4 is 10.6 Å². The summed E-state index contributed by atoms with van der Waals surface area (Å²) in [5.41, 5.74) is 0.0813. The predicted octanol–water partition coefficient (Wildman–Crippen LogP) is -0.156. The second kappa shape index (κ2) is 7.93. The molecule has 3 N–H and O–H groups in total.